The Morgan fingerprint density at radius 2 is 2.08 bits per heavy atom. The Hall–Kier alpha value is -2.56. The first kappa shape index (κ1) is 28.0. The van der Waals surface area contributed by atoms with Gasteiger partial charge in [0.25, 0.3) is 5.91 Å². The molecule has 0 aromatic carbocycles. The molecule has 4 rings (SSSR count). The number of carboxylic acids is 1. The highest BCUT2D eigenvalue weighted by atomic mass is 32.3. The van der Waals surface area contributed by atoms with Gasteiger partial charge in [0.2, 0.25) is 5.91 Å². The van der Waals surface area contributed by atoms with E-state index < -0.39 is 45.0 Å². The lowest BCUT2D eigenvalue weighted by molar-refractivity contribution is -0.157. The molecule has 2 aromatic heterocycles. The van der Waals surface area contributed by atoms with Crippen LogP contribution in [0.3, 0.4) is 0 Å². The number of amides is 2. The number of carboxylic acid groups (broad SMARTS) is 1. The monoisotopic (exact) mass is 599 g/mol. The zero-order valence-electron chi connectivity index (χ0n) is 17.6. The van der Waals surface area contributed by atoms with E-state index in [-0.39, 0.29) is 34.6 Å². The van der Waals surface area contributed by atoms with Crippen LogP contribution in [0.25, 0.3) is 0 Å². The minimum atomic E-state index is -4.67. The van der Waals surface area contributed by atoms with Crippen LogP contribution in [0.15, 0.2) is 21.2 Å². The first-order valence-electron chi connectivity index (χ1n) is 9.34. The Balaban J connectivity index is 0.000000658. The van der Waals surface area contributed by atoms with E-state index in [1.165, 1.54) is 51.7 Å². The zero-order valence-corrected chi connectivity index (χ0v) is 21.7. The van der Waals surface area contributed by atoms with Gasteiger partial charge in [-0.1, -0.05) is 16.9 Å². The second-order valence-corrected chi connectivity index (χ2v) is 12.1. The molecule has 0 saturated carbocycles. The summed E-state index contributed by atoms with van der Waals surface area (Å²) >= 11 is 4.84. The summed E-state index contributed by atoms with van der Waals surface area (Å²) in [5, 5.41) is 25.8. The Morgan fingerprint density at radius 3 is 2.61 bits per heavy atom. The van der Waals surface area contributed by atoms with Crippen molar-refractivity contribution < 1.29 is 42.2 Å². The fourth-order valence-corrected chi connectivity index (χ4v) is 7.00. The molecule has 2 aliphatic rings. The quantitative estimate of drug-likeness (QED) is 0.0578. The number of anilines is 1. The van der Waals surface area contributed by atoms with Crippen molar-refractivity contribution >= 4 is 85.4 Å². The average Bonchev–Trinajstić information content (AvgIpc) is 3.47. The van der Waals surface area contributed by atoms with Gasteiger partial charge in [-0.2, -0.15) is 12.8 Å². The Morgan fingerprint density at radius 1 is 1.39 bits per heavy atom. The van der Waals surface area contributed by atoms with Crippen LogP contribution in [0, 0.1) is 5.41 Å². The topological polar surface area (TPSA) is 259 Å². The number of thioether (sulfide) groups is 2. The molecule has 2 saturated heterocycles. The van der Waals surface area contributed by atoms with Gasteiger partial charge in [0, 0.05) is 23.4 Å². The number of carbonyl (C=O) groups is 3. The van der Waals surface area contributed by atoms with Gasteiger partial charge in [0.05, 0.1) is 0 Å². The number of hydrogen-bond acceptors (Lipinski definition) is 15. The summed E-state index contributed by atoms with van der Waals surface area (Å²) in [5.74, 6) is -1.66. The lowest BCUT2D eigenvalue weighted by Gasteiger charge is -2.53. The van der Waals surface area contributed by atoms with Crippen molar-refractivity contribution in [3.8, 4) is 0 Å². The van der Waals surface area contributed by atoms with E-state index in [9.17, 15) is 24.7 Å². The predicted molar refractivity (Wildman–Crippen MR) is 130 cm³/mol. The van der Waals surface area contributed by atoms with Crippen molar-refractivity contribution in [1.82, 2.24) is 24.6 Å². The van der Waals surface area contributed by atoms with Crippen molar-refractivity contribution in [2.75, 3.05) is 23.8 Å². The van der Waals surface area contributed by atoms with Crippen LogP contribution in [0.5, 0.6) is 0 Å². The normalized spacial score (nSPS) is 23.7. The molecule has 2 amide bonds. The van der Waals surface area contributed by atoms with E-state index >= 15 is 0 Å². The molecule has 0 aliphatic carbocycles. The summed E-state index contributed by atoms with van der Waals surface area (Å²) in [7, 11) is -4.67. The van der Waals surface area contributed by atoms with Crippen LogP contribution >= 0.6 is 46.4 Å². The zero-order chi connectivity index (χ0) is 26.7. The number of nitrogen functional groups attached to an aromatic ring is 1. The summed E-state index contributed by atoms with van der Waals surface area (Å²) < 4.78 is 36.1. The largest absolute Gasteiger partial charge is 0.481 e. The van der Waals surface area contributed by atoms with Gasteiger partial charge in [-0.25, -0.2) is 9.97 Å². The minimum absolute atomic E-state index is 0.0283. The van der Waals surface area contributed by atoms with E-state index in [1.807, 2.05) is 0 Å². The number of aliphatic carboxylic acids is 1. The van der Waals surface area contributed by atoms with Crippen LogP contribution in [-0.4, -0.2) is 100 Å². The van der Waals surface area contributed by atoms with Crippen molar-refractivity contribution in [3.63, 3.8) is 0 Å². The summed E-state index contributed by atoms with van der Waals surface area (Å²) in [6.45, 7) is 0.0283. The van der Waals surface area contributed by atoms with E-state index in [0.717, 1.165) is 11.3 Å². The molecule has 3 atom stereocenters. The molecule has 36 heavy (non-hydrogen) atoms. The molecule has 0 spiro atoms. The highest BCUT2D eigenvalue weighted by Crippen LogP contribution is 2.44. The van der Waals surface area contributed by atoms with Gasteiger partial charge in [-0.15, -0.1) is 23.1 Å². The van der Waals surface area contributed by atoms with Crippen LogP contribution < -0.4 is 11.1 Å². The SMILES string of the molecule is Nc1nc(C(=NO)C(=O)NC2C(=O)N3CC(CSc4ncns4)(C(=O)O)CS[C@H]23)cs1.O=S(=O)(O)O. The van der Waals surface area contributed by atoms with Crippen LogP contribution in [0.1, 0.15) is 5.69 Å². The highest BCUT2D eigenvalue weighted by Gasteiger charge is 2.57. The lowest BCUT2D eigenvalue weighted by Crippen LogP contribution is -2.74. The average molecular weight is 600 g/mol. The summed E-state index contributed by atoms with van der Waals surface area (Å²) in [5.41, 5.74) is 4.15. The smallest absolute Gasteiger partial charge is 0.394 e. The Bertz CT molecular complexity index is 1260. The molecule has 4 heterocycles. The van der Waals surface area contributed by atoms with Gasteiger partial charge in [-0.3, -0.25) is 23.5 Å². The van der Waals surface area contributed by atoms with E-state index in [4.69, 9.17) is 23.3 Å². The van der Waals surface area contributed by atoms with Gasteiger partial charge in [0.1, 0.15) is 28.9 Å². The molecule has 196 valence electrons. The number of aromatic nitrogens is 3. The number of β-lactam (4-membered cyclic amide) rings is 1. The standard InChI is InChI=1S/C15H15N7O5S4.H2O4S/c16-13-19-6(1-28-13)7(21-27)9(23)20-8-10(24)22-2-15(12(25)26,3-29-11(8)22)4-30-14-17-5-18-31-14;1-5(2,3)4/h1,5,8,11,27H,2-4H2,(H2,16,19)(H,20,23)(H,25,26);(H2,1,2,3,4)/t8?,11-,15?;/m1./s1. The number of hydrogen-bond donors (Lipinski definition) is 6. The Labute approximate surface area is 219 Å². The van der Waals surface area contributed by atoms with Gasteiger partial charge in [0.15, 0.2) is 15.2 Å². The molecule has 2 aromatic rings. The number of nitrogens with zero attached hydrogens (tertiary/aromatic N) is 5. The number of oxime groups is 1. The number of carbonyl (C=O) groups excluding carboxylic acids is 2. The molecule has 7 N–H and O–H groups in total. The first-order valence-corrected chi connectivity index (χ1v) is 14.4. The van der Waals surface area contributed by atoms with Gasteiger partial charge in [-0.05, 0) is 11.5 Å². The first-order chi connectivity index (χ1) is 16.8. The molecule has 21 heteroatoms. The number of fused-ring (bicyclic) bond motifs is 1. The molecule has 0 radical (unpaired) electrons. The third-order valence-electron chi connectivity index (χ3n) is 4.78. The summed E-state index contributed by atoms with van der Waals surface area (Å²) in [6.07, 6.45) is 1.40. The van der Waals surface area contributed by atoms with Crippen molar-refractivity contribution in [3.05, 3.63) is 17.4 Å². The predicted octanol–water partition coefficient (Wildman–Crippen LogP) is -0.634. The molecule has 16 nitrogen and oxygen atoms in total. The maximum atomic E-state index is 12.7. The third kappa shape index (κ3) is 6.60. The fraction of sp³-hybridized carbons (Fsp3) is 0.400. The van der Waals surface area contributed by atoms with Crippen LogP contribution in [0.2, 0.25) is 0 Å². The second kappa shape index (κ2) is 11.2. The second-order valence-electron chi connectivity index (χ2n) is 7.17. The summed E-state index contributed by atoms with van der Waals surface area (Å²) in [4.78, 5) is 46.6. The molecular weight excluding hydrogens is 583 g/mol. The lowest BCUT2D eigenvalue weighted by atomic mass is 9.89. The van der Waals surface area contributed by atoms with Gasteiger partial charge < -0.3 is 26.3 Å². The number of nitrogens with one attached hydrogen (secondary N) is 1. The third-order valence-corrected chi connectivity index (χ3v) is 9.13. The number of thiazole rings is 1. The molecule has 2 fully saturated rings. The molecule has 2 unspecified atom stereocenters. The van der Waals surface area contributed by atoms with E-state index in [1.54, 1.807) is 0 Å². The van der Waals surface area contributed by atoms with Crippen molar-refractivity contribution in [2.24, 2.45) is 10.6 Å². The number of nitrogens with two attached hydrogens (primary N) is 1. The van der Waals surface area contributed by atoms with Crippen molar-refractivity contribution in [1.29, 1.82) is 0 Å². The van der Waals surface area contributed by atoms with E-state index in [0.29, 0.717) is 4.34 Å². The minimum Gasteiger partial charge on any atom is -0.481 e. The number of rotatable bonds is 7. The maximum Gasteiger partial charge on any atom is 0.394 e. The fourth-order valence-electron chi connectivity index (χ4n) is 3.15. The van der Waals surface area contributed by atoms with Crippen LogP contribution in [0.4, 0.5) is 5.13 Å². The molecular formula is C15H17N7O9S5. The molecule has 0 bridgehead atoms. The highest BCUT2D eigenvalue weighted by molar-refractivity contribution is 8.01. The van der Waals surface area contributed by atoms with Gasteiger partial charge >= 0.3 is 16.4 Å². The van der Waals surface area contributed by atoms with Crippen LogP contribution in [-0.2, 0) is 24.8 Å². The Kier molecular flexibility index (Phi) is 8.74. The van der Waals surface area contributed by atoms with Crippen molar-refractivity contribution in [2.45, 2.75) is 15.8 Å². The van der Waals surface area contributed by atoms with E-state index in [2.05, 4.69) is 24.8 Å². The molecule has 2 aliphatic heterocycles. The summed E-state index contributed by atoms with van der Waals surface area (Å²) in [6, 6.07) is -0.854. The maximum absolute atomic E-state index is 12.7.